The number of benzene rings is 1. The zero-order valence-corrected chi connectivity index (χ0v) is 11.8. The van der Waals surface area contributed by atoms with Gasteiger partial charge < -0.3 is 10.5 Å². The molecule has 1 fully saturated rings. The fraction of sp³-hybridized carbons (Fsp3) is 0.357. The van der Waals surface area contributed by atoms with E-state index in [1.54, 1.807) is 18.3 Å². The minimum absolute atomic E-state index is 0.207. The van der Waals surface area contributed by atoms with Crippen LogP contribution in [0.3, 0.4) is 0 Å². The summed E-state index contributed by atoms with van der Waals surface area (Å²) in [5, 5.41) is 0.582. The van der Waals surface area contributed by atoms with Crippen LogP contribution in [0.2, 0.25) is 0 Å². The van der Waals surface area contributed by atoms with E-state index in [9.17, 15) is 4.39 Å². The molecule has 2 N–H and O–H groups in total. The Balaban J connectivity index is 1.69. The molecule has 0 bridgehead atoms. The predicted molar refractivity (Wildman–Crippen MR) is 76.9 cm³/mol. The van der Waals surface area contributed by atoms with Crippen molar-refractivity contribution in [1.29, 1.82) is 0 Å². The van der Waals surface area contributed by atoms with Crippen LogP contribution in [0.25, 0.3) is 0 Å². The van der Waals surface area contributed by atoms with E-state index in [0.29, 0.717) is 23.8 Å². The number of anilines is 1. The highest BCUT2D eigenvalue weighted by molar-refractivity contribution is 7.15. The third-order valence-corrected chi connectivity index (χ3v) is 4.16. The summed E-state index contributed by atoms with van der Waals surface area (Å²) in [6.07, 6.45) is 1.59. The van der Waals surface area contributed by atoms with Gasteiger partial charge in [-0.2, -0.15) is 0 Å². The molecule has 2 aromatic rings. The fourth-order valence-corrected chi connectivity index (χ4v) is 3.11. The van der Waals surface area contributed by atoms with Crippen molar-refractivity contribution in [2.75, 3.05) is 25.4 Å². The molecule has 1 atom stereocenters. The Labute approximate surface area is 121 Å². The van der Waals surface area contributed by atoms with Gasteiger partial charge in [0.1, 0.15) is 5.82 Å². The lowest BCUT2D eigenvalue weighted by atomic mass is 10.1. The maximum atomic E-state index is 13.8. The van der Waals surface area contributed by atoms with Crippen molar-refractivity contribution < 1.29 is 9.13 Å². The summed E-state index contributed by atoms with van der Waals surface area (Å²) in [6.45, 7) is 2.90. The number of hydrogen-bond donors (Lipinski definition) is 1. The van der Waals surface area contributed by atoms with E-state index in [1.165, 1.54) is 17.4 Å². The van der Waals surface area contributed by atoms with Gasteiger partial charge in [0.2, 0.25) is 0 Å². The van der Waals surface area contributed by atoms with Gasteiger partial charge in [-0.05, 0) is 6.07 Å². The quantitative estimate of drug-likeness (QED) is 0.944. The topological polar surface area (TPSA) is 51.4 Å². The van der Waals surface area contributed by atoms with E-state index in [1.807, 2.05) is 6.07 Å². The summed E-state index contributed by atoms with van der Waals surface area (Å²) < 4.78 is 19.5. The van der Waals surface area contributed by atoms with Crippen LogP contribution in [-0.2, 0) is 11.3 Å². The van der Waals surface area contributed by atoms with Crippen LogP contribution in [0.5, 0.6) is 0 Å². The van der Waals surface area contributed by atoms with Gasteiger partial charge >= 0.3 is 0 Å². The number of halogens is 1. The molecule has 1 unspecified atom stereocenters. The van der Waals surface area contributed by atoms with Gasteiger partial charge in [-0.3, -0.25) is 4.90 Å². The number of ether oxygens (including phenoxy) is 1. The first-order chi connectivity index (χ1) is 9.72. The SMILES string of the molecule is Nc1ncc(CN2CCOC(c3ccccc3F)C2)s1. The Morgan fingerprint density at radius 1 is 1.45 bits per heavy atom. The van der Waals surface area contributed by atoms with Gasteiger partial charge in [-0.25, -0.2) is 9.37 Å². The second-order valence-electron chi connectivity index (χ2n) is 4.78. The first kappa shape index (κ1) is 13.5. The zero-order chi connectivity index (χ0) is 13.9. The number of rotatable bonds is 3. The summed E-state index contributed by atoms with van der Waals surface area (Å²) in [6, 6.07) is 6.79. The summed E-state index contributed by atoms with van der Waals surface area (Å²) in [7, 11) is 0. The molecule has 0 radical (unpaired) electrons. The second kappa shape index (κ2) is 5.87. The van der Waals surface area contributed by atoms with Crippen LogP contribution in [0.1, 0.15) is 16.5 Å². The van der Waals surface area contributed by atoms with Crippen molar-refractivity contribution in [2.45, 2.75) is 12.6 Å². The molecule has 1 aromatic heterocycles. The average molecular weight is 293 g/mol. The largest absolute Gasteiger partial charge is 0.375 e. The van der Waals surface area contributed by atoms with Crippen LogP contribution in [0.4, 0.5) is 9.52 Å². The molecule has 2 heterocycles. The van der Waals surface area contributed by atoms with Gasteiger partial charge in [-0.1, -0.05) is 18.2 Å². The summed E-state index contributed by atoms with van der Waals surface area (Å²) in [5.41, 5.74) is 6.26. The molecule has 20 heavy (non-hydrogen) atoms. The molecule has 6 heteroatoms. The summed E-state index contributed by atoms with van der Waals surface area (Å²) >= 11 is 1.49. The number of nitrogens with zero attached hydrogens (tertiary/aromatic N) is 2. The Bertz CT molecular complexity index is 589. The molecule has 0 saturated carbocycles. The average Bonchev–Trinajstić information content (AvgIpc) is 2.85. The van der Waals surface area contributed by atoms with Gasteiger partial charge in [-0.15, -0.1) is 11.3 Å². The van der Waals surface area contributed by atoms with Crippen LogP contribution >= 0.6 is 11.3 Å². The smallest absolute Gasteiger partial charge is 0.180 e. The lowest BCUT2D eigenvalue weighted by molar-refractivity contribution is -0.0341. The van der Waals surface area contributed by atoms with Gasteiger partial charge in [0.15, 0.2) is 5.13 Å². The summed E-state index contributed by atoms with van der Waals surface area (Å²) in [5.74, 6) is -0.207. The number of thiazole rings is 1. The van der Waals surface area contributed by atoms with Crippen molar-refractivity contribution >= 4 is 16.5 Å². The monoisotopic (exact) mass is 293 g/mol. The highest BCUT2D eigenvalue weighted by Crippen LogP contribution is 2.26. The van der Waals surface area contributed by atoms with Crippen molar-refractivity contribution in [3.05, 3.63) is 46.7 Å². The minimum Gasteiger partial charge on any atom is -0.375 e. The zero-order valence-electron chi connectivity index (χ0n) is 11.0. The number of hydrogen-bond acceptors (Lipinski definition) is 5. The molecule has 1 aromatic carbocycles. The molecular weight excluding hydrogens is 277 g/mol. The van der Waals surface area contributed by atoms with Gasteiger partial charge in [0, 0.05) is 36.3 Å². The Morgan fingerprint density at radius 3 is 3.05 bits per heavy atom. The van der Waals surface area contributed by atoms with Gasteiger partial charge in [0.05, 0.1) is 12.7 Å². The van der Waals surface area contributed by atoms with Gasteiger partial charge in [0.25, 0.3) is 0 Å². The highest BCUT2D eigenvalue weighted by atomic mass is 32.1. The number of nitrogens with two attached hydrogens (primary N) is 1. The molecule has 3 rings (SSSR count). The van der Waals surface area contributed by atoms with Crippen molar-refractivity contribution in [3.8, 4) is 0 Å². The van der Waals surface area contributed by atoms with E-state index in [-0.39, 0.29) is 11.9 Å². The third kappa shape index (κ3) is 2.98. The molecule has 0 spiro atoms. The second-order valence-corrected chi connectivity index (χ2v) is 5.93. The molecule has 0 amide bonds. The van der Waals surface area contributed by atoms with E-state index >= 15 is 0 Å². The van der Waals surface area contributed by atoms with Crippen LogP contribution in [0, 0.1) is 5.82 Å². The number of aromatic nitrogens is 1. The Kier molecular flexibility index (Phi) is 3.95. The van der Waals surface area contributed by atoms with E-state index < -0.39 is 0 Å². The lowest BCUT2D eigenvalue weighted by Gasteiger charge is -2.32. The molecule has 4 nitrogen and oxygen atoms in total. The lowest BCUT2D eigenvalue weighted by Crippen LogP contribution is -2.37. The Hall–Kier alpha value is -1.50. The van der Waals surface area contributed by atoms with Crippen molar-refractivity contribution in [3.63, 3.8) is 0 Å². The standard InChI is InChI=1S/C14H16FN3OS/c15-12-4-2-1-3-11(12)13-9-18(5-6-19-13)8-10-7-17-14(16)20-10/h1-4,7,13H,5-6,8-9H2,(H2,16,17). The van der Waals surface area contributed by atoms with Crippen molar-refractivity contribution in [2.24, 2.45) is 0 Å². The molecule has 1 aliphatic heterocycles. The first-order valence-corrected chi connectivity index (χ1v) is 7.32. The normalized spacial score (nSPS) is 20.1. The van der Waals surface area contributed by atoms with E-state index in [4.69, 9.17) is 10.5 Å². The highest BCUT2D eigenvalue weighted by Gasteiger charge is 2.24. The molecule has 1 saturated heterocycles. The minimum atomic E-state index is -0.213. The maximum absolute atomic E-state index is 13.8. The molecule has 1 aliphatic rings. The van der Waals surface area contributed by atoms with Crippen molar-refractivity contribution in [1.82, 2.24) is 9.88 Å². The third-order valence-electron chi connectivity index (χ3n) is 3.35. The number of morpholine rings is 1. The number of nitrogen functional groups attached to an aromatic ring is 1. The Morgan fingerprint density at radius 2 is 2.30 bits per heavy atom. The van der Waals surface area contributed by atoms with Crippen LogP contribution in [-0.4, -0.2) is 29.6 Å². The van der Waals surface area contributed by atoms with Crippen LogP contribution in [0.15, 0.2) is 30.5 Å². The first-order valence-electron chi connectivity index (χ1n) is 6.51. The predicted octanol–water partition coefficient (Wildman–Crippen LogP) is 2.44. The summed E-state index contributed by atoms with van der Waals surface area (Å²) in [4.78, 5) is 7.42. The van der Waals surface area contributed by atoms with E-state index in [0.717, 1.165) is 18.0 Å². The maximum Gasteiger partial charge on any atom is 0.180 e. The molecule has 0 aliphatic carbocycles. The molecule has 106 valence electrons. The van der Waals surface area contributed by atoms with E-state index in [2.05, 4.69) is 9.88 Å². The van der Waals surface area contributed by atoms with Crippen LogP contribution < -0.4 is 5.73 Å². The molecular formula is C14H16FN3OS. The fourth-order valence-electron chi connectivity index (χ4n) is 2.39.